The monoisotopic (exact) mass is 228 g/mol. The van der Waals surface area contributed by atoms with Gasteiger partial charge in [0.05, 0.1) is 6.04 Å². The molecule has 5 nitrogen and oxygen atoms in total. The summed E-state index contributed by atoms with van der Waals surface area (Å²) in [5.41, 5.74) is 6.86. The number of nitrogen functional groups attached to an aromatic ring is 1. The highest BCUT2D eigenvalue weighted by molar-refractivity contribution is 5.57. The van der Waals surface area contributed by atoms with Crippen molar-refractivity contribution in [2.24, 2.45) is 0 Å². The predicted octanol–water partition coefficient (Wildman–Crippen LogP) is 1.60. The molecular weight excluding hydrogens is 216 g/mol. The minimum absolute atomic E-state index is 0.0743. The first-order chi connectivity index (χ1) is 8.34. The van der Waals surface area contributed by atoms with Gasteiger partial charge in [-0.15, -0.1) is 0 Å². The normalized spacial score (nSPS) is 17.3. The van der Waals surface area contributed by atoms with E-state index in [1.54, 1.807) is 12.4 Å². The second kappa shape index (κ2) is 3.93. The van der Waals surface area contributed by atoms with Crippen molar-refractivity contribution in [1.29, 1.82) is 0 Å². The number of nitrogens with two attached hydrogens (primary N) is 1. The third kappa shape index (κ3) is 1.75. The summed E-state index contributed by atoms with van der Waals surface area (Å²) in [5, 5.41) is 3.24. The molecule has 1 aliphatic heterocycles. The second-order valence-electron chi connectivity index (χ2n) is 3.84. The Labute approximate surface area is 98.7 Å². The molecule has 1 atom stereocenters. The lowest BCUT2D eigenvalue weighted by atomic mass is 10.1. The Kier molecular flexibility index (Phi) is 2.29. The van der Waals surface area contributed by atoms with Crippen molar-refractivity contribution in [2.75, 3.05) is 17.7 Å². The Morgan fingerprint density at radius 3 is 2.94 bits per heavy atom. The van der Waals surface area contributed by atoms with Crippen molar-refractivity contribution in [3.63, 3.8) is 0 Å². The number of anilines is 2. The van der Waals surface area contributed by atoms with E-state index in [-0.39, 0.29) is 6.04 Å². The van der Waals surface area contributed by atoms with Gasteiger partial charge in [0.2, 0.25) is 0 Å². The maximum Gasteiger partial charge on any atom is 0.169 e. The van der Waals surface area contributed by atoms with Crippen LogP contribution in [0.1, 0.15) is 11.6 Å². The molecule has 0 saturated carbocycles. The second-order valence-corrected chi connectivity index (χ2v) is 3.84. The maximum atomic E-state index is 5.74. The van der Waals surface area contributed by atoms with Crippen molar-refractivity contribution in [2.45, 2.75) is 6.04 Å². The van der Waals surface area contributed by atoms with E-state index in [1.165, 1.54) is 0 Å². The molecule has 86 valence electrons. The predicted molar refractivity (Wildman–Crippen MR) is 64.7 cm³/mol. The Morgan fingerprint density at radius 2 is 2.06 bits per heavy atom. The van der Waals surface area contributed by atoms with Gasteiger partial charge in [-0.2, -0.15) is 0 Å². The highest BCUT2D eigenvalue weighted by Crippen LogP contribution is 2.34. The van der Waals surface area contributed by atoms with Crippen LogP contribution in [0.4, 0.5) is 11.6 Å². The zero-order valence-corrected chi connectivity index (χ0v) is 9.13. The zero-order chi connectivity index (χ0) is 11.7. The van der Waals surface area contributed by atoms with Gasteiger partial charge in [0.15, 0.2) is 11.6 Å². The number of aromatic nitrogens is 2. The fourth-order valence-electron chi connectivity index (χ4n) is 1.91. The van der Waals surface area contributed by atoms with E-state index in [0.717, 1.165) is 11.3 Å². The minimum Gasteiger partial charge on any atom is -0.491 e. The quantitative estimate of drug-likeness (QED) is 0.816. The van der Waals surface area contributed by atoms with Crippen molar-refractivity contribution < 1.29 is 4.74 Å². The molecule has 0 fully saturated rings. The van der Waals surface area contributed by atoms with Crippen LogP contribution in [0.3, 0.4) is 0 Å². The van der Waals surface area contributed by atoms with Gasteiger partial charge < -0.3 is 15.8 Å². The summed E-state index contributed by atoms with van der Waals surface area (Å²) in [5.74, 6) is 1.90. The topological polar surface area (TPSA) is 73.1 Å². The summed E-state index contributed by atoms with van der Waals surface area (Å²) in [4.78, 5) is 8.15. The molecule has 0 bridgehead atoms. The molecule has 0 aliphatic carbocycles. The lowest BCUT2D eigenvalue weighted by Crippen LogP contribution is -2.14. The molecule has 1 aliphatic rings. The van der Waals surface area contributed by atoms with Crippen LogP contribution >= 0.6 is 0 Å². The third-order valence-electron chi connectivity index (χ3n) is 2.74. The van der Waals surface area contributed by atoms with Crippen LogP contribution in [0, 0.1) is 0 Å². The Hall–Kier alpha value is -2.30. The SMILES string of the molecule is Nc1nccnc1NC1COc2ccccc21. The van der Waals surface area contributed by atoms with Crippen LogP contribution in [-0.4, -0.2) is 16.6 Å². The molecule has 1 unspecified atom stereocenters. The molecule has 0 saturated heterocycles. The average molecular weight is 228 g/mol. The van der Waals surface area contributed by atoms with Crippen LogP contribution in [0.25, 0.3) is 0 Å². The Bertz CT molecular complexity index is 544. The van der Waals surface area contributed by atoms with E-state index >= 15 is 0 Å². The Morgan fingerprint density at radius 1 is 1.24 bits per heavy atom. The Balaban J connectivity index is 1.87. The molecule has 1 aromatic carbocycles. The fraction of sp³-hybridized carbons (Fsp3) is 0.167. The number of hydrogen-bond acceptors (Lipinski definition) is 5. The van der Waals surface area contributed by atoms with Crippen molar-refractivity contribution >= 4 is 11.6 Å². The maximum absolute atomic E-state index is 5.74. The fourth-order valence-corrected chi connectivity index (χ4v) is 1.91. The van der Waals surface area contributed by atoms with Gasteiger partial charge in [0.1, 0.15) is 12.4 Å². The van der Waals surface area contributed by atoms with Gasteiger partial charge in [-0.3, -0.25) is 0 Å². The van der Waals surface area contributed by atoms with Crippen LogP contribution in [0.5, 0.6) is 5.75 Å². The summed E-state index contributed by atoms with van der Waals surface area (Å²) in [6.07, 6.45) is 3.18. The van der Waals surface area contributed by atoms with E-state index in [9.17, 15) is 0 Å². The molecule has 5 heteroatoms. The molecular formula is C12H12N4O. The number of rotatable bonds is 2. The summed E-state index contributed by atoms with van der Waals surface area (Å²) < 4.78 is 5.57. The lowest BCUT2D eigenvalue weighted by molar-refractivity contribution is 0.339. The molecule has 17 heavy (non-hydrogen) atoms. The number of hydrogen-bond donors (Lipinski definition) is 2. The van der Waals surface area contributed by atoms with Crippen LogP contribution < -0.4 is 15.8 Å². The highest BCUT2D eigenvalue weighted by Gasteiger charge is 2.24. The van der Waals surface area contributed by atoms with Crippen LogP contribution in [0.2, 0.25) is 0 Å². The number of benzene rings is 1. The standard InChI is InChI=1S/C12H12N4O/c13-11-12(15-6-5-14-11)16-9-7-17-10-4-2-1-3-8(9)10/h1-6,9H,7H2,(H2,13,14)(H,15,16). The van der Waals surface area contributed by atoms with Gasteiger partial charge in [-0.05, 0) is 6.07 Å². The van der Waals surface area contributed by atoms with Crippen molar-refractivity contribution in [3.8, 4) is 5.75 Å². The molecule has 1 aromatic heterocycles. The molecule has 3 N–H and O–H groups in total. The molecule has 2 aromatic rings. The van der Waals surface area contributed by atoms with E-state index in [2.05, 4.69) is 15.3 Å². The molecule has 3 rings (SSSR count). The molecule has 0 spiro atoms. The number of fused-ring (bicyclic) bond motifs is 1. The first-order valence-corrected chi connectivity index (χ1v) is 5.39. The van der Waals surface area contributed by atoms with E-state index < -0.39 is 0 Å². The summed E-state index contributed by atoms with van der Waals surface area (Å²) in [6, 6.07) is 8.01. The van der Waals surface area contributed by atoms with Crippen molar-refractivity contribution in [3.05, 3.63) is 42.2 Å². The molecule has 0 radical (unpaired) electrons. The van der Waals surface area contributed by atoms with Gasteiger partial charge in [-0.25, -0.2) is 9.97 Å². The van der Waals surface area contributed by atoms with Gasteiger partial charge in [0, 0.05) is 18.0 Å². The first-order valence-electron chi connectivity index (χ1n) is 5.39. The number of para-hydroxylation sites is 1. The van der Waals surface area contributed by atoms with Crippen LogP contribution in [0.15, 0.2) is 36.7 Å². The summed E-state index contributed by atoms with van der Waals surface area (Å²) in [7, 11) is 0. The van der Waals surface area contributed by atoms with Crippen LogP contribution in [-0.2, 0) is 0 Å². The van der Waals surface area contributed by atoms with E-state index in [1.807, 2.05) is 24.3 Å². The zero-order valence-electron chi connectivity index (χ0n) is 9.13. The number of nitrogens with one attached hydrogen (secondary N) is 1. The van der Waals surface area contributed by atoms with Gasteiger partial charge >= 0.3 is 0 Å². The number of nitrogens with zero attached hydrogens (tertiary/aromatic N) is 2. The largest absolute Gasteiger partial charge is 0.491 e. The van der Waals surface area contributed by atoms with E-state index in [4.69, 9.17) is 10.5 Å². The first kappa shape index (κ1) is 9.89. The summed E-state index contributed by atoms with van der Waals surface area (Å²) >= 11 is 0. The van der Waals surface area contributed by atoms with Gasteiger partial charge in [0.25, 0.3) is 0 Å². The third-order valence-corrected chi connectivity index (χ3v) is 2.74. The van der Waals surface area contributed by atoms with Crippen molar-refractivity contribution in [1.82, 2.24) is 9.97 Å². The minimum atomic E-state index is 0.0743. The number of ether oxygens (including phenoxy) is 1. The highest BCUT2D eigenvalue weighted by atomic mass is 16.5. The summed E-state index contributed by atoms with van der Waals surface area (Å²) in [6.45, 7) is 0.579. The molecule has 0 amide bonds. The average Bonchev–Trinajstić information content (AvgIpc) is 2.76. The lowest BCUT2D eigenvalue weighted by Gasteiger charge is -2.12. The molecule has 2 heterocycles. The van der Waals surface area contributed by atoms with Gasteiger partial charge in [-0.1, -0.05) is 18.2 Å². The van der Waals surface area contributed by atoms with E-state index in [0.29, 0.717) is 18.2 Å². The smallest absolute Gasteiger partial charge is 0.169 e.